The van der Waals surface area contributed by atoms with Crippen molar-refractivity contribution in [2.75, 3.05) is 12.8 Å². The topological polar surface area (TPSA) is 74.4 Å². The number of para-hydroxylation sites is 1. The summed E-state index contributed by atoms with van der Waals surface area (Å²) in [6.07, 6.45) is 1.36. The Labute approximate surface area is 108 Å². The van der Waals surface area contributed by atoms with Crippen LogP contribution in [0.3, 0.4) is 0 Å². The summed E-state index contributed by atoms with van der Waals surface area (Å²) in [5, 5.41) is 0. The number of ether oxygens (including phenoxy) is 2. The van der Waals surface area contributed by atoms with Gasteiger partial charge in [0.2, 0.25) is 5.88 Å². The molecule has 0 atom stereocenters. The molecule has 19 heavy (non-hydrogen) atoms. The molecule has 0 saturated carbocycles. The van der Waals surface area contributed by atoms with E-state index in [1.165, 1.54) is 43.6 Å². The maximum atomic E-state index is 13.5. The van der Waals surface area contributed by atoms with Crippen LogP contribution in [0, 0.1) is 5.82 Å². The molecule has 2 aromatic rings. The molecular formula is C13H11FN2O3. The standard InChI is InChI=1S/C13H11FN2O3/c1-18-13(17)8-5-6-16-11(7-8)19-12-9(14)3-2-4-10(12)15/h2-7H,15H2,1H3. The minimum absolute atomic E-state index is 0.0553. The van der Waals surface area contributed by atoms with Crippen LogP contribution >= 0.6 is 0 Å². The lowest BCUT2D eigenvalue weighted by Crippen LogP contribution is -2.02. The number of aromatic nitrogens is 1. The molecule has 1 aromatic heterocycles. The lowest BCUT2D eigenvalue weighted by molar-refractivity contribution is 0.0600. The van der Waals surface area contributed by atoms with E-state index in [2.05, 4.69) is 9.72 Å². The molecule has 6 heteroatoms. The Kier molecular flexibility index (Phi) is 3.61. The van der Waals surface area contributed by atoms with Crippen LogP contribution in [-0.2, 0) is 4.74 Å². The summed E-state index contributed by atoms with van der Waals surface area (Å²) in [6, 6.07) is 7.00. The van der Waals surface area contributed by atoms with Crippen LogP contribution in [0.1, 0.15) is 10.4 Å². The maximum Gasteiger partial charge on any atom is 0.338 e. The van der Waals surface area contributed by atoms with Crippen LogP contribution < -0.4 is 10.5 Å². The first-order valence-electron chi connectivity index (χ1n) is 5.38. The van der Waals surface area contributed by atoms with E-state index in [0.29, 0.717) is 0 Å². The molecule has 0 aliphatic rings. The molecule has 0 aliphatic carbocycles. The van der Waals surface area contributed by atoms with Gasteiger partial charge in [-0.15, -0.1) is 0 Å². The van der Waals surface area contributed by atoms with Gasteiger partial charge in [-0.1, -0.05) is 6.07 Å². The Morgan fingerprint density at radius 1 is 1.37 bits per heavy atom. The van der Waals surface area contributed by atoms with Crippen LogP contribution in [0.25, 0.3) is 0 Å². The molecule has 1 heterocycles. The molecule has 2 rings (SSSR count). The predicted molar refractivity (Wildman–Crippen MR) is 66.5 cm³/mol. The van der Waals surface area contributed by atoms with Gasteiger partial charge in [0.15, 0.2) is 11.6 Å². The van der Waals surface area contributed by atoms with Gasteiger partial charge >= 0.3 is 5.97 Å². The van der Waals surface area contributed by atoms with E-state index >= 15 is 0 Å². The normalized spacial score (nSPS) is 10.0. The number of nitrogen functional groups attached to an aromatic ring is 1. The summed E-state index contributed by atoms with van der Waals surface area (Å²) in [4.78, 5) is 15.2. The van der Waals surface area contributed by atoms with Crippen molar-refractivity contribution < 1.29 is 18.7 Å². The molecule has 0 radical (unpaired) electrons. The number of benzene rings is 1. The van der Waals surface area contributed by atoms with Gasteiger partial charge in [-0.3, -0.25) is 0 Å². The average Bonchev–Trinajstić information content (AvgIpc) is 2.42. The first-order chi connectivity index (χ1) is 9.11. The number of anilines is 1. The van der Waals surface area contributed by atoms with E-state index in [4.69, 9.17) is 10.5 Å². The van der Waals surface area contributed by atoms with Crippen molar-refractivity contribution in [3.8, 4) is 11.6 Å². The first kappa shape index (κ1) is 12.8. The molecule has 0 amide bonds. The maximum absolute atomic E-state index is 13.5. The highest BCUT2D eigenvalue weighted by molar-refractivity contribution is 5.89. The van der Waals surface area contributed by atoms with Gasteiger partial charge in [0, 0.05) is 12.3 Å². The molecule has 5 nitrogen and oxygen atoms in total. The van der Waals surface area contributed by atoms with Crippen LogP contribution in [0.15, 0.2) is 36.5 Å². The Bertz CT molecular complexity index is 596. The summed E-state index contributed by atoms with van der Waals surface area (Å²) >= 11 is 0. The van der Waals surface area contributed by atoms with Gasteiger partial charge in [-0.2, -0.15) is 0 Å². The highest BCUT2D eigenvalue weighted by Gasteiger charge is 2.12. The fraction of sp³-hybridized carbons (Fsp3) is 0.0769. The zero-order valence-corrected chi connectivity index (χ0v) is 10.1. The third kappa shape index (κ3) is 2.79. The summed E-state index contributed by atoms with van der Waals surface area (Å²) < 4.78 is 23.4. The smallest absolute Gasteiger partial charge is 0.338 e. The Balaban J connectivity index is 2.31. The van der Waals surface area contributed by atoms with Gasteiger partial charge in [0.1, 0.15) is 0 Å². The third-order valence-corrected chi connectivity index (χ3v) is 2.36. The zero-order chi connectivity index (χ0) is 13.8. The largest absolute Gasteiger partial charge is 0.465 e. The molecule has 0 fully saturated rings. The molecule has 1 aromatic carbocycles. The van der Waals surface area contributed by atoms with Crippen molar-refractivity contribution in [1.29, 1.82) is 0 Å². The first-order valence-corrected chi connectivity index (χ1v) is 5.38. The minimum Gasteiger partial charge on any atom is -0.465 e. The highest BCUT2D eigenvalue weighted by atomic mass is 19.1. The summed E-state index contributed by atoms with van der Waals surface area (Å²) in [6.45, 7) is 0. The minimum atomic E-state index is -0.606. The molecular weight excluding hydrogens is 251 g/mol. The van der Waals surface area contributed by atoms with E-state index in [-0.39, 0.29) is 22.9 Å². The van der Waals surface area contributed by atoms with Gasteiger partial charge < -0.3 is 15.2 Å². The summed E-state index contributed by atoms with van der Waals surface area (Å²) in [5.41, 5.74) is 6.00. The Morgan fingerprint density at radius 2 is 2.16 bits per heavy atom. The van der Waals surface area contributed by atoms with Gasteiger partial charge in [0.25, 0.3) is 0 Å². The quantitative estimate of drug-likeness (QED) is 0.679. The van der Waals surface area contributed by atoms with E-state index in [1.54, 1.807) is 0 Å². The number of pyridine rings is 1. The second kappa shape index (κ2) is 5.34. The Morgan fingerprint density at radius 3 is 2.84 bits per heavy atom. The molecule has 0 unspecified atom stereocenters. The predicted octanol–water partition coefficient (Wildman–Crippen LogP) is 2.38. The van der Waals surface area contributed by atoms with Crippen LogP contribution in [0.4, 0.5) is 10.1 Å². The molecule has 0 bridgehead atoms. The SMILES string of the molecule is COC(=O)c1ccnc(Oc2c(N)cccc2F)c1. The number of hydrogen-bond acceptors (Lipinski definition) is 5. The number of esters is 1. The third-order valence-electron chi connectivity index (χ3n) is 2.36. The number of halogens is 1. The number of rotatable bonds is 3. The number of hydrogen-bond donors (Lipinski definition) is 1. The van der Waals surface area contributed by atoms with E-state index < -0.39 is 11.8 Å². The zero-order valence-electron chi connectivity index (χ0n) is 10.1. The van der Waals surface area contributed by atoms with E-state index in [0.717, 1.165) is 0 Å². The highest BCUT2D eigenvalue weighted by Crippen LogP contribution is 2.29. The van der Waals surface area contributed by atoms with Gasteiger partial charge in [-0.25, -0.2) is 14.2 Å². The monoisotopic (exact) mass is 262 g/mol. The van der Waals surface area contributed by atoms with Crippen LogP contribution in [0.2, 0.25) is 0 Å². The average molecular weight is 262 g/mol. The number of carbonyl (C=O) groups excluding carboxylic acids is 1. The molecule has 0 aliphatic heterocycles. The second-order valence-electron chi connectivity index (χ2n) is 3.63. The summed E-state index contributed by atoms with van der Waals surface area (Å²) in [5.74, 6) is -1.21. The van der Waals surface area contributed by atoms with Crippen molar-refractivity contribution in [1.82, 2.24) is 4.98 Å². The number of carbonyl (C=O) groups is 1. The van der Waals surface area contributed by atoms with Crippen molar-refractivity contribution >= 4 is 11.7 Å². The molecule has 98 valence electrons. The van der Waals surface area contributed by atoms with Crippen LogP contribution in [0.5, 0.6) is 11.6 Å². The number of methoxy groups -OCH3 is 1. The van der Waals surface area contributed by atoms with E-state index in [9.17, 15) is 9.18 Å². The number of nitrogens with zero attached hydrogens (tertiary/aromatic N) is 1. The Hall–Kier alpha value is -2.63. The lowest BCUT2D eigenvalue weighted by atomic mass is 10.2. The lowest BCUT2D eigenvalue weighted by Gasteiger charge is -2.08. The van der Waals surface area contributed by atoms with Crippen molar-refractivity contribution in [2.45, 2.75) is 0 Å². The van der Waals surface area contributed by atoms with Gasteiger partial charge in [0.05, 0.1) is 18.4 Å². The van der Waals surface area contributed by atoms with Crippen molar-refractivity contribution in [2.24, 2.45) is 0 Å². The molecule has 0 spiro atoms. The molecule has 2 N–H and O–H groups in total. The van der Waals surface area contributed by atoms with Crippen molar-refractivity contribution in [3.63, 3.8) is 0 Å². The summed E-state index contributed by atoms with van der Waals surface area (Å²) in [7, 11) is 1.26. The van der Waals surface area contributed by atoms with E-state index in [1.807, 2.05) is 0 Å². The van der Waals surface area contributed by atoms with Crippen LogP contribution in [-0.4, -0.2) is 18.1 Å². The number of nitrogens with two attached hydrogens (primary N) is 1. The fourth-order valence-electron chi connectivity index (χ4n) is 1.45. The van der Waals surface area contributed by atoms with Crippen molar-refractivity contribution in [3.05, 3.63) is 47.9 Å². The fourth-order valence-corrected chi connectivity index (χ4v) is 1.45. The second-order valence-corrected chi connectivity index (χ2v) is 3.63. The van der Waals surface area contributed by atoms with Gasteiger partial charge in [-0.05, 0) is 18.2 Å². The molecule has 0 saturated heterocycles.